The number of nitrogens with two attached hydrogens (primary N) is 1. The normalized spacial score (nSPS) is 38.3. The first-order valence-corrected chi connectivity index (χ1v) is 16.5. The summed E-state index contributed by atoms with van der Waals surface area (Å²) < 4.78 is 37.7. The van der Waals surface area contributed by atoms with Gasteiger partial charge in [-0.15, -0.1) is 0 Å². The largest absolute Gasteiger partial charge is 0.387 e. The van der Waals surface area contributed by atoms with E-state index in [-0.39, 0.29) is 28.1 Å². The molecule has 20 nitrogen and oxygen atoms in total. The quantitative estimate of drug-likeness (QED) is 0.131. The van der Waals surface area contributed by atoms with Gasteiger partial charge in [0.05, 0.1) is 32.2 Å². The summed E-state index contributed by atoms with van der Waals surface area (Å²) in [7, 11) is -8.00. The second-order valence-electron chi connectivity index (χ2n) is 10.3. The lowest BCUT2D eigenvalue weighted by molar-refractivity contribution is -0.0609. The average Bonchev–Trinajstić information content (AvgIpc) is 3.73. The van der Waals surface area contributed by atoms with E-state index in [9.17, 15) is 24.8 Å². The van der Waals surface area contributed by atoms with Crippen LogP contribution in [0.15, 0.2) is 30.1 Å². The van der Waals surface area contributed by atoms with Gasteiger partial charge in [-0.1, -0.05) is 0 Å². The van der Waals surface area contributed by atoms with Gasteiger partial charge in [-0.25, -0.2) is 24.9 Å². The molecule has 4 unspecified atom stereocenters. The molecule has 0 radical (unpaired) electrons. The summed E-state index contributed by atoms with van der Waals surface area (Å²) in [6, 6.07) is 0. The van der Waals surface area contributed by atoms with Gasteiger partial charge in [0.1, 0.15) is 48.5 Å². The molecule has 7 N–H and O–H groups in total. The van der Waals surface area contributed by atoms with Crippen molar-refractivity contribution in [1.29, 1.82) is 0 Å². The van der Waals surface area contributed by atoms with E-state index in [2.05, 4.69) is 42.5 Å². The fourth-order valence-corrected chi connectivity index (χ4v) is 7.47. The standard InChI is InChI=1S/C22H27N9O11P2/c1-43(35)37-3-9-13(32)16(22(39-9)31-8-29-12-19(31)26-6-27-20(12)34)42-44(2,36)38-4-10-15(41-43)14(33)21(40-10)30-7-28-11-17(23)24-5-25-18(11)30/h5-10,13-16,21-22,32-33,35-36H,1-4H2,(H2,23,24,25)(H,26,27,34)/t9-,10-,13?,14?,15+,16+,21-,22-,43?,44?/m1/s1. The van der Waals surface area contributed by atoms with E-state index in [1.807, 2.05) is 0 Å². The number of nitrogens with zero attached hydrogens (tertiary/aromatic N) is 7. The lowest BCUT2D eigenvalue weighted by Crippen LogP contribution is -2.36. The van der Waals surface area contributed by atoms with Crippen molar-refractivity contribution in [2.24, 2.45) is 0 Å². The predicted molar refractivity (Wildman–Crippen MR) is 152 cm³/mol. The molecule has 0 saturated carbocycles. The van der Waals surface area contributed by atoms with Crippen LogP contribution in [0.1, 0.15) is 12.5 Å². The average molecular weight is 655 g/mol. The van der Waals surface area contributed by atoms with Crippen molar-refractivity contribution >= 4 is 55.9 Å². The number of nitrogen functional groups attached to an aromatic ring is 1. The molecule has 236 valence electrons. The van der Waals surface area contributed by atoms with Crippen LogP contribution in [-0.2, 0) is 27.6 Å². The number of H-pyrrole nitrogens is 1. The number of aromatic nitrogens is 8. The molecule has 0 aromatic carbocycles. The molecule has 3 fully saturated rings. The second kappa shape index (κ2) is 10.8. The predicted octanol–water partition coefficient (Wildman–Crippen LogP) is -1.75. The molecule has 4 aromatic rings. The number of hydrogen-bond acceptors (Lipinski definition) is 17. The highest BCUT2D eigenvalue weighted by atomic mass is 31.2. The van der Waals surface area contributed by atoms with E-state index in [0.717, 1.165) is 0 Å². The van der Waals surface area contributed by atoms with Gasteiger partial charge in [-0.3, -0.25) is 13.9 Å². The van der Waals surface area contributed by atoms with Crippen LogP contribution in [0.3, 0.4) is 0 Å². The zero-order valence-corrected chi connectivity index (χ0v) is 24.3. The Labute approximate surface area is 246 Å². The maximum atomic E-state index is 12.2. The van der Waals surface area contributed by atoms with Crippen LogP contribution >= 0.6 is 15.1 Å². The maximum Gasteiger partial charge on any atom is 0.278 e. The van der Waals surface area contributed by atoms with Crippen molar-refractivity contribution in [3.8, 4) is 0 Å². The number of aliphatic hydroxyl groups is 2. The van der Waals surface area contributed by atoms with Crippen molar-refractivity contribution in [1.82, 2.24) is 39.0 Å². The summed E-state index contributed by atoms with van der Waals surface area (Å²) in [5.74, 6) is 0.113. The number of fused-ring (bicyclic) bond motifs is 5. The molecular formula is C22H27N9O11P2. The van der Waals surface area contributed by atoms with Gasteiger partial charge in [0.25, 0.3) is 5.56 Å². The number of aromatic amines is 1. The minimum Gasteiger partial charge on any atom is -0.387 e. The molecule has 4 aromatic heterocycles. The zero-order valence-electron chi connectivity index (χ0n) is 22.5. The Hall–Kier alpha value is -3.10. The fourth-order valence-electron chi connectivity index (χ4n) is 5.33. The van der Waals surface area contributed by atoms with Gasteiger partial charge >= 0.3 is 0 Å². The van der Waals surface area contributed by atoms with Crippen LogP contribution in [-0.4, -0.2) is 121 Å². The lowest BCUT2D eigenvalue weighted by Gasteiger charge is -2.29. The Morgan fingerprint density at radius 1 is 0.841 bits per heavy atom. The number of nitrogens with one attached hydrogen (secondary N) is 1. The molecule has 10 atom stereocenters. The third-order valence-corrected chi connectivity index (χ3v) is 9.63. The zero-order chi connectivity index (χ0) is 31.0. The van der Waals surface area contributed by atoms with Crippen LogP contribution in [0.25, 0.3) is 22.3 Å². The monoisotopic (exact) mass is 655 g/mol. The van der Waals surface area contributed by atoms with Crippen molar-refractivity contribution in [2.75, 3.05) is 18.9 Å². The first-order valence-electron chi connectivity index (χ1n) is 13.0. The van der Waals surface area contributed by atoms with Gasteiger partial charge in [0.2, 0.25) is 15.1 Å². The Balaban J connectivity index is 1.20. The Kier molecular flexibility index (Phi) is 7.24. The van der Waals surface area contributed by atoms with Crippen LogP contribution in [0, 0.1) is 0 Å². The lowest BCUT2D eigenvalue weighted by atomic mass is 10.1. The SMILES string of the molecule is C=P1(O)OC[C@H]2O[C@@H](n3cnc4c(=O)[nH]cnc43)[C@@H](OP(=C)(O)OC[C@H]3O[C@@H](n4cnc5c(N)ncnc54)C(O)[C@H]3O1)C2O. The molecule has 22 heteroatoms. The summed E-state index contributed by atoms with van der Waals surface area (Å²) >= 11 is 0. The summed E-state index contributed by atoms with van der Waals surface area (Å²) in [6.45, 7) is -0.917. The summed E-state index contributed by atoms with van der Waals surface area (Å²) in [4.78, 5) is 57.3. The van der Waals surface area contributed by atoms with Crippen LogP contribution in [0.2, 0.25) is 0 Å². The van der Waals surface area contributed by atoms with Gasteiger partial charge < -0.3 is 58.3 Å². The van der Waals surface area contributed by atoms with Gasteiger partial charge in [0.15, 0.2) is 35.1 Å². The molecule has 3 aliphatic rings. The Bertz CT molecular complexity index is 1880. The number of anilines is 1. The second-order valence-corrected chi connectivity index (χ2v) is 13.7. The third kappa shape index (κ3) is 5.08. The molecule has 44 heavy (non-hydrogen) atoms. The number of imidazole rings is 2. The third-order valence-electron chi connectivity index (χ3n) is 7.38. The van der Waals surface area contributed by atoms with Gasteiger partial charge in [0, 0.05) is 0 Å². The van der Waals surface area contributed by atoms with Crippen LogP contribution in [0.5, 0.6) is 0 Å². The van der Waals surface area contributed by atoms with Crippen LogP contribution < -0.4 is 11.3 Å². The summed E-state index contributed by atoms with van der Waals surface area (Å²) in [6.07, 6.45) is 2.11. The summed E-state index contributed by atoms with van der Waals surface area (Å²) in [5, 5.41) is 22.5. The molecule has 3 aliphatic heterocycles. The smallest absolute Gasteiger partial charge is 0.278 e. The summed E-state index contributed by atoms with van der Waals surface area (Å²) in [5.41, 5.74) is 6.02. The molecular weight excluding hydrogens is 628 g/mol. The number of rotatable bonds is 2. The van der Waals surface area contributed by atoms with Crippen molar-refractivity contribution in [2.45, 2.75) is 49.1 Å². The molecule has 3 saturated heterocycles. The molecule has 7 heterocycles. The van der Waals surface area contributed by atoms with E-state index in [4.69, 9.17) is 33.3 Å². The van der Waals surface area contributed by atoms with Crippen molar-refractivity contribution in [3.63, 3.8) is 0 Å². The highest BCUT2D eigenvalue weighted by molar-refractivity contribution is 7.59. The first kappa shape index (κ1) is 29.6. The number of hydrogen-bond donors (Lipinski definition) is 6. The van der Waals surface area contributed by atoms with Crippen molar-refractivity contribution < 1.29 is 47.6 Å². The van der Waals surface area contributed by atoms with Crippen LogP contribution in [0.4, 0.5) is 5.82 Å². The van der Waals surface area contributed by atoms with E-state index >= 15 is 0 Å². The fraction of sp³-hybridized carbons (Fsp3) is 0.455. The van der Waals surface area contributed by atoms with E-state index in [1.54, 1.807) is 0 Å². The minimum atomic E-state index is -4.02. The Morgan fingerprint density at radius 3 is 2.20 bits per heavy atom. The molecule has 0 spiro atoms. The molecule has 0 amide bonds. The van der Waals surface area contributed by atoms with E-state index in [1.165, 1.54) is 34.4 Å². The molecule has 0 aliphatic carbocycles. The highest BCUT2D eigenvalue weighted by Crippen LogP contribution is 2.53. The number of ether oxygens (including phenoxy) is 2. The first-order chi connectivity index (χ1) is 20.9. The minimum absolute atomic E-state index is 0.00168. The van der Waals surface area contributed by atoms with Gasteiger partial charge in [-0.05, 0) is 12.6 Å². The topological polar surface area (TPSA) is 269 Å². The molecule has 2 bridgehead atoms. The van der Waals surface area contributed by atoms with E-state index in [0.29, 0.717) is 0 Å². The van der Waals surface area contributed by atoms with Crippen molar-refractivity contribution in [3.05, 3.63) is 35.7 Å². The Morgan fingerprint density at radius 2 is 1.45 bits per heavy atom. The highest BCUT2D eigenvalue weighted by Gasteiger charge is 2.52. The maximum absolute atomic E-state index is 12.2. The van der Waals surface area contributed by atoms with Gasteiger partial charge in [-0.2, -0.15) is 0 Å². The number of aliphatic hydroxyl groups excluding tert-OH is 2. The molecule has 7 rings (SSSR count). The van der Waals surface area contributed by atoms with E-state index < -0.39 is 83.0 Å².